The van der Waals surface area contributed by atoms with Crippen molar-refractivity contribution in [2.45, 2.75) is 32.7 Å². The number of rotatable bonds is 5. The zero-order chi connectivity index (χ0) is 20.2. The van der Waals surface area contributed by atoms with Crippen molar-refractivity contribution in [3.63, 3.8) is 0 Å². The Morgan fingerprint density at radius 2 is 2.00 bits per heavy atom. The van der Waals surface area contributed by atoms with Crippen LogP contribution in [0.5, 0.6) is 0 Å². The van der Waals surface area contributed by atoms with E-state index in [-0.39, 0.29) is 11.9 Å². The molecule has 3 aromatic rings. The molecule has 1 aliphatic heterocycles. The number of amides is 1. The molecule has 1 unspecified atom stereocenters. The second-order valence-corrected chi connectivity index (χ2v) is 7.37. The molecule has 1 aromatic carbocycles. The molecule has 1 aliphatic rings. The molecule has 150 valence electrons. The molecule has 0 N–H and O–H groups in total. The maximum absolute atomic E-state index is 13.1. The minimum atomic E-state index is -0.109. The van der Waals surface area contributed by atoms with Gasteiger partial charge in [-0.1, -0.05) is 24.3 Å². The second-order valence-electron chi connectivity index (χ2n) is 7.37. The largest absolute Gasteiger partial charge is 0.377 e. The fraction of sp³-hybridized carbons (Fsp3) is 0.348. The number of carbonyl (C=O) groups excluding carboxylic acids is 1. The van der Waals surface area contributed by atoms with Crippen molar-refractivity contribution in [1.82, 2.24) is 19.7 Å². The van der Waals surface area contributed by atoms with Crippen LogP contribution in [0.25, 0.3) is 5.69 Å². The van der Waals surface area contributed by atoms with E-state index in [1.54, 1.807) is 6.20 Å². The summed E-state index contributed by atoms with van der Waals surface area (Å²) < 4.78 is 7.72. The molecule has 2 aromatic heterocycles. The van der Waals surface area contributed by atoms with E-state index in [4.69, 9.17) is 9.84 Å². The van der Waals surface area contributed by atoms with Gasteiger partial charge in [-0.3, -0.25) is 9.78 Å². The lowest BCUT2D eigenvalue weighted by molar-refractivity contribution is -0.140. The van der Waals surface area contributed by atoms with Crippen molar-refractivity contribution < 1.29 is 9.53 Å². The van der Waals surface area contributed by atoms with Crippen LogP contribution in [0.2, 0.25) is 0 Å². The van der Waals surface area contributed by atoms with Gasteiger partial charge in [0.15, 0.2) is 0 Å². The lowest BCUT2D eigenvalue weighted by atomic mass is 10.0. The van der Waals surface area contributed by atoms with Crippen LogP contribution >= 0.6 is 0 Å². The Balaban J connectivity index is 1.58. The number of aromatic nitrogens is 3. The van der Waals surface area contributed by atoms with E-state index < -0.39 is 0 Å². The maximum Gasteiger partial charge on any atom is 0.223 e. The maximum atomic E-state index is 13.1. The van der Waals surface area contributed by atoms with Crippen LogP contribution in [0, 0.1) is 13.8 Å². The molecular formula is C23H26N4O2. The average Bonchev–Trinajstić information content (AvgIpc) is 3.07. The Kier molecular flexibility index (Phi) is 5.71. The summed E-state index contributed by atoms with van der Waals surface area (Å²) in [5, 5.41) is 4.76. The van der Waals surface area contributed by atoms with E-state index >= 15 is 0 Å². The van der Waals surface area contributed by atoms with Crippen LogP contribution in [0.1, 0.15) is 35.0 Å². The highest BCUT2D eigenvalue weighted by atomic mass is 16.5. The van der Waals surface area contributed by atoms with Gasteiger partial charge in [0.05, 0.1) is 30.6 Å². The highest BCUT2D eigenvalue weighted by molar-refractivity contribution is 5.77. The van der Waals surface area contributed by atoms with Gasteiger partial charge >= 0.3 is 0 Å². The number of pyridine rings is 1. The molecule has 1 amide bonds. The van der Waals surface area contributed by atoms with Gasteiger partial charge in [-0.15, -0.1) is 0 Å². The van der Waals surface area contributed by atoms with E-state index in [0.29, 0.717) is 32.6 Å². The number of morpholine rings is 1. The summed E-state index contributed by atoms with van der Waals surface area (Å²) in [4.78, 5) is 19.2. The Bertz CT molecular complexity index is 969. The van der Waals surface area contributed by atoms with E-state index in [9.17, 15) is 4.79 Å². The highest BCUT2D eigenvalue weighted by Crippen LogP contribution is 2.31. The molecule has 0 saturated carbocycles. The Morgan fingerprint density at radius 1 is 1.17 bits per heavy atom. The van der Waals surface area contributed by atoms with Crippen molar-refractivity contribution in [2.24, 2.45) is 0 Å². The number of benzene rings is 1. The normalized spacial score (nSPS) is 16.8. The van der Waals surface area contributed by atoms with Gasteiger partial charge in [-0.25, -0.2) is 4.68 Å². The fourth-order valence-corrected chi connectivity index (χ4v) is 4.04. The second kappa shape index (κ2) is 8.57. The Labute approximate surface area is 171 Å². The third-order valence-corrected chi connectivity index (χ3v) is 5.48. The molecule has 6 nitrogen and oxygen atoms in total. The number of ether oxygens (including phenoxy) is 1. The van der Waals surface area contributed by atoms with Gasteiger partial charge in [-0.2, -0.15) is 5.10 Å². The molecule has 0 spiro atoms. The summed E-state index contributed by atoms with van der Waals surface area (Å²) in [7, 11) is 0. The van der Waals surface area contributed by atoms with Crippen LogP contribution < -0.4 is 0 Å². The summed E-state index contributed by atoms with van der Waals surface area (Å²) >= 11 is 0. The first kappa shape index (κ1) is 19.3. The lowest BCUT2D eigenvalue weighted by Crippen LogP contribution is -2.43. The number of hydrogen-bond acceptors (Lipinski definition) is 4. The van der Waals surface area contributed by atoms with Gasteiger partial charge < -0.3 is 9.64 Å². The minimum absolute atomic E-state index is 0.109. The summed E-state index contributed by atoms with van der Waals surface area (Å²) in [6.45, 7) is 5.75. The van der Waals surface area contributed by atoms with Crippen molar-refractivity contribution in [1.29, 1.82) is 0 Å². The fourth-order valence-electron chi connectivity index (χ4n) is 4.04. The van der Waals surface area contributed by atoms with Gasteiger partial charge in [0.2, 0.25) is 5.91 Å². The first-order valence-electron chi connectivity index (χ1n) is 10.0. The number of hydrogen-bond donors (Lipinski definition) is 0. The number of para-hydroxylation sites is 1. The molecule has 1 fully saturated rings. The molecule has 0 bridgehead atoms. The Morgan fingerprint density at radius 3 is 2.76 bits per heavy atom. The molecule has 1 saturated heterocycles. The molecular weight excluding hydrogens is 364 g/mol. The molecule has 3 heterocycles. The molecule has 1 atom stereocenters. The highest BCUT2D eigenvalue weighted by Gasteiger charge is 2.32. The molecule has 29 heavy (non-hydrogen) atoms. The smallest absolute Gasteiger partial charge is 0.223 e. The zero-order valence-electron chi connectivity index (χ0n) is 16.9. The molecule has 6 heteroatoms. The third-order valence-electron chi connectivity index (χ3n) is 5.48. The minimum Gasteiger partial charge on any atom is -0.377 e. The Hall–Kier alpha value is -2.99. The van der Waals surface area contributed by atoms with Gasteiger partial charge in [0, 0.05) is 36.6 Å². The van der Waals surface area contributed by atoms with E-state index in [0.717, 1.165) is 28.2 Å². The number of aryl methyl sites for hydroxylation is 2. The van der Waals surface area contributed by atoms with E-state index in [1.807, 2.05) is 65.2 Å². The monoisotopic (exact) mass is 390 g/mol. The average molecular weight is 390 g/mol. The SMILES string of the molecule is Cc1nn(-c2ccccc2)c(C)c1C1COCCN1C(=O)CCc1cccnc1. The number of nitrogens with zero attached hydrogens (tertiary/aromatic N) is 4. The van der Waals surface area contributed by atoms with Crippen molar-refractivity contribution in [3.8, 4) is 5.69 Å². The first-order valence-corrected chi connectivity index (χ1v) is 10.0. The van der Waals surface area contributed by atoms with Crippen LogP contribution in [0.4, 0.5) is 0 Å². The van der Waals surface area contributed by atoms with Crippen molar-refractivity contribution in [2.75, 3.05) is 19.8 Å². The molecule has 0 aliphatic carbocycles. The van der Waals surface area contributed by atoms with E-state index in [1.165, 1.54) is 0 Å². The number of carbonyl (C=O) groups is 1. The van der Waals surface area contributed by atoms with Crippen LogP contribution in [0.3, 0.4) is 0 Å². The quantitative estimate of drug-likeness (QED) is 0.670. The predicted molar refractivity (Wildman–Crippen MR) is 111 cm³/mol. The van der Waals surface area contributed by atoms with Gasteiger partial charge in [0.1, 0.15) is 0 Å². The summed E-state index contributed by atoms with van der Waals surface area (Å²) in [6, 6.07) is 13.9. The summed E-state index contributed by atoms with van der Waals surface area (Å²) in [5.41, 5.74) is 5.17. The van der Waals surface area contributed by atoms with Crippen LogP contribution in [-0.4, -0.2) is 45.3 Å². The summed E-state index contributed by atoms with van der Waals surface area (Å²) in [5.74, 6) is 0.147. The van der Waals surface area contributed by atoms with Crippen LogP contribution in [-0.2, 0) is 16.0 Å². The van der Waals surface area contributed by atoms with Crippen LogP contribution in [0.15, 0.2) is 54.9 Å². The zero-order valence-corrected chi connectivity index (χ0v) is 16.9. The first-order chi connectivity index (χ1) is 14.1. The predicted octanol–water partition coefficient (Wildman–Crippen LogP) is 3.42. The van der Waals surface area contributed by atoms with Gasteiger partial charge in [-0.05, 0) is 44.0 Å². The molecule has 4 rings (SSSR count). The van der Waals surface area contributed by atoms with Crippen molar-refractivity contribution >= 4 is 5.91 Å². The topological polar surface area (TPSA) is 60.2 Å². The van der Waals surface area contributed by atoms with Crippen molar-refractivity contribution in [3.05, 3.63) is 77.4 Å². The standard InChI is InChI=1S/C23H26N4O2/c1-17-23(18(2)27(25-17)20-8-4-3-5-9-20)21-16-29-14-13-26(21)22(28)11-10-19-7-6-12-24-15-19/h3-9,12,15,21H,10-11,13-14,16H2,1-2H3. The lowest BCUT2D eigenvalue weighted by Gasteiger charge is -2.36. The third kappa shape index (κ3) is 4.07. The van der Waals surface area contributed by atoms with E-state index in [2.05, 4.69) is 11.9 Å². The van der Waals surface area contributed by atoms with Gasteiger partial charge in [0.25, 0.3) is 0 Å². The molecule has 0 radical (unpaired) electrons. The summed E-state index contributed by atoms with van der Waals surface area (Å²) in [6.07, 6.45) is 4.73.